The van der Waals surface area contributed by atoms with Crippen LogP contribution in [-0.2, 0) is 21.3 Å². The molecule has 0 saturated carbocycles. The van der Waals surface area contributed by atoms with Crippen LogP contribution in [0.25, 0.3) is 5.69 Å². The Morgan fingerprint density at radius 2 is 1.97 bits per heavy atom. The number of ether oxygens (including phenoxy) is 2. The second-order valence-electron chi connectivity index (χ2n) is 7.69. The Morgan fingerprint density at radius 3 is 2.62 bits per heavy atom. The Balaban J connectivity index is 1.51. The maximum absolute atomic E-state index is 14.6. The van der Waals surface area contributed by atoms with Crippen molar-refractivity contribution in [3.05, 3.63) is 71.6 Å². The molecule has 1 aromatic heterocycles. The molecule has 0 bridgehead atoms. The molecule has 34 heavy (non-hydrogen) atoms. The van der Waals surface area contributed by atoms with E-state index < -0.39 is 21.7 Å². The van der Waals surface area contributed by atoms with E-state index >= 15 is 0 Å². The summed E-state index contributed by atoms with van der Waals surface area (Å²) in [7, 11) is -2.50. The number of aryl methyl sites for hydroxylation is 1. The van der Waals surface area contributed by atoms with Crippen LogP contribution in [0.4, 0.5) is 4.39 Å². The van der Waals surface area contributed by atoms with Gasteiger partial charge in [-0.05, 0) is 42.8 Å². The molecule has 2 aromatic carbocycles. The zero-order chi connectivity index (χ0) is 24.3. The molecule has 0 atom stereocenters. The highest BCUT2D eigenvalue weighted by atomic mass is 32.2. The van der Waals surface area contributed by atoms with E-state index in [0.717, 1.165) is 0 Å². The number of carbonyl (C=O) groups is 1. The summed E-state index contributed by atoms with van der Waals surface area (Å²) >= 11 is 0. The van der Waals surface area contributed by atoms with Crippen LogP contribution < -0.4 is 10.1 Å². The normalized spacial score (nSPS) is 14.7. The fraction of sp³-hybridized carbons (Fsp3) is 0.304. The lowest BCUT2D eigenvalue weighted by Crippen LogP contribution is -2.40. The van der Waals surface area contributed by atoms with E-state index in [1.807, 2.05) is 0 Å². The smallest absolute Gasteiger partial charge is 0.251 e. The zero-order valence-corrected chi connectivity index (χ0v) is 19.6. The molecule has 2 heterocycles. The van der Waals surface area contributed by atoms with E-state index in [1.54, 1.807) is 36.0 Å². The van der Waals surface area contributed by atoms with Crippen LogP contribution in [0.5, 0.6) is 5.75 Å². The number of sulfonamides is 1. The third-order valence-corrected chi connectivity index (χ3v) is 7.48. The number of benzene rings is 2. The van der Waals surface area contributed by atoms with Crippen LogP contribution in [0.3, 0.4) is 0 Å². The van der Waals surface area contributed by atoms with Crippen molar-refractivity contribution in [1.29, 1.82) is 0 Å². The Labute approximate surface area is 197 Å². The molecule has 1 aliphatic heterocycles. The summed E-state index contributed by atoms with van der Waals surface area (Å²) in [4.78, 5) is 16.8. The molecule has 9 nitrogen and oxygen atoms in total. The molecule has 180 valence electrons. The SMILES string of the molecule is COc1ccc(C(=O)NCc2ccc(-n3ccnc3C)c(F)c2)cc1S(=O)(=O)N1CCOCC1. The predicted octanol–water partition coefficient (Wildman–Crippen LogP) is 2.28. The molecule has 1 N–H and O–H groups in total. The Morgan fingerprint density at radius 1 is 1.21 bits per heavy atom. The summed E-state index contributed by atoms with van der Waals surface area (Å²) in [5.41, 5.74) is 1.07. The molecule has 1 saturated heterocycles. The number of amides is 1. The van der Waals surface area contributed by atoms with Gasteiger partial charge in [-0.2, -0.15) is 4.31 Å². The van der Waals surface area contributed by atoms with E-state index in [1.165, 1.54) is 35.7 Å². The number of nitrogens with one attached hydrogen (secondary N) is 1. The highest BCUT2D eigenvalue weighted by Crippen LogP contribution is 2.28. The Hall–Kier alpha value is -3.28. The molecular formula is C23H25FN4O5S. The fourth-order valence-electron chi connectivity index (χ4n) is 3.72. The van der Waals surface area contributed by atoms with Crippen LogP contribution in [0.15, 0.2) is 53.7 Å². The number of methoxy groups -OCH3 is 1. The summed E-state index contributed by atoms with van der Waals surface area (Å²) < 4.78 is 54.3. The van der Waals surface area contributed by atoms with Gasteiger partial charge in [-0.15, -0.1) is 0 Å². The average molecular weight is 489 g/mol. The highest BCUT2D eigenvalue weighted by molar-refractivity contribution is 7.89. The summed E-state index contributed by atoms with van der Waals surface area (Å²) in [5.74, 6) is -0.134. The van der Waals surface area contributed by atoms with Crippen molar-refractivity contribution in [2.75, 3.05) is 33.4 Å². The second kappa shape index (κ2) is 9.92. The highest BCUT2D eigenvalue weighted by Gasteiger charge is 2.30. The minimum Gasteiger partial charge on any atom is -0.495 e. The first kappa shape index (κ1) is 23.9. The first-order chi connectivity index (χ1) is 16.3. The summed E-state index contributed by atoms with van der Waals surface area (Å²) in [6.07, 6.45) is 3.26. The van der Waals surface area contributed by atoms with E-state index in [4.69, 9.17) is 9.47 Å². The summed E-state index contributed by atoms with van der Waals surface area (Å²) in [6.45, 7) is 2.89. The number of halogens is 1. The minimum absolute atomic E-state index is 0.0660. The standard InChI is InChI=1S/C23H25FN4O5S/c1-16-25-7-8-28(16)20-5-3-17(13-19(20)24)15-26-23(29)18-4-6-21(32-2)22(14-18)34(30,31)27-9-11-33-12-10-27/h3-8,13-14H,9-12,15H2,1-2H3,(H,26,29). The van der Waals surface area contributed by atoms with Gasteiger partial charge >= 0.3 is 0 Å². The van der Waals surface area contributed by atoms with Gasteiger partial charge in [0.25, 0.3) is 5.91 Å². The number of morpholine rings is 1. The van der Waals surface area contributed by atoms with Crippen molar-refractivity contribution >= 4 is 15.9 Å². The lowest BCUT2D eigenvalue weighted by molar-refractivity contribution is 0.0729. The molecule has 0 unspecified atom stereocenters. The maximum atomic E-state index is 14.6. The van der Waals surface area contributed by atoms with Crippen LogP contribution in [-0.4, -0.2) is 61.6 Å². The number of hydrogen-bond acceptors (Lipinski definition) is 6. The van der Waals surface area contributed by atoms with Crippen molar-refractivity contribution < 1.29 is 27.1 Å². The topological polar surface area (TPSA) is 103 Å². The molecular weight excluding hydrogens is 463 g/mol. The number of aromatic nitrogens is 2. The lowest BCUT2D eigenvalue weighted by atomic mass is 10.1. The van der Waals surface area contributed by atoms with Gasteiger partial charge in [0, 0.05) is 37.6 Å². The molecule has 0 spiro atoms. The van der Waals surface area contributed by atoms with Gasteiger partial charge in [-0.3, -0.25) is 4.79 Å². The maximum Gasteiger partial charge on any atom is 0.251 e. The average Bonchev–Trinajstić information content (AvgIpc) is 3.28. The first-order valence-corrected chi connectivity index (χ1v) is 12.1. The monoisotopic (exact) mass is 488 g/mol. The number of imidazole rings is 1. The van der Waals surface area contributed by atoms with Gasteiger partial charge in [0.05, 0.1) is 26.0 Å². The van der Waals surface area contributed by atoms with Gasteiger partial charge in [0.1, 0.15) is 22.3 Å². The number of rotatable bonds is 7. The molecule has 0 aliphatic carbocycles. The molecule has 11 heteroatoms. The van der Waals surface area contributed by atoms with Crippen LogP contribution in [0.2, 0.25) is 0 Å². The number of nitrogens with zero attached hydrogens (tertiary/aromatic N) is 3. The largest absolute Gasteiger partial charge is 0.495 e. The zero-order valence-electron chi connectivity index (χ0n) is 18.8. The van der Waals surface area contributed by atoms with E-state index in [2.05, 4.69) is 10.3 Å². The van der Waals surface area contributed by atoms with Gasteiger partial charge < -0.3 is 19.4 Å². The number of hydrogen-bond donors (Lipinski definition) is 1. The first-order valence-electron chi connectivity index (χ1n) is 10.6. The van der Waals surface area contributed by atoms with Crippen molar-refractivity contribution in [3.8, 4) is 11.4 Å². The minimum atomic E-state index is -3.87. The van der Waals surface area contributed by atoms with E-state index in [-0.39, 0.29) is 35.8 Å². The number of carbonyl (C=O) groups excluding carboxylic acids is 1. The molecule has 4 rings (SSSR count). The third-order valence-electron chi connectivity index (χ3n) is 5.56. The van der Waals surface area contributed by atoms with Crippen molar-refractivity contribution in [2.45, 2.75) is 18.4 Å². The van der Waals surface area contributed by atoms with Gasteiger partial charge in [0.2, 0.25) is 10.0 Å². The quantitative estimate of drug-likeness (QED) is 0.548. The van der Waals surface area contributed by atoms with Gasteiger partial charge in [-0.25, -0.2) is 17.8 Å². The summed E-state index contributed by atoms with van der Waals surface area (Å²) in [6, 6.07) is 8.90. The molecule has 3 aromatic rings. The van der Waals surface area contributed by atoms with Gasteiger partial charge in [0.15, 0.2) is 0 Å². The molecule has 0 radical (unpaired) electrons. The second-order valence-corrected chi connectivity index (χ2v) is 9.60. The fourth-order valence-corrected chi connectivity index (χ4v) is 5.31. The predicted molar refractivity (Wildman–Crippen MR) is 122 cm³/mol. The van der Waals surface area contributed by atoms with E-state index in [0.29, 0.717) is 30.3 Å². The third kappa shape index (κ3) is 4.81. The van der Waals surface area contributed by atoms with Crippen LogP contribution in [0, 0.1) is 12.7 Å². The Kier molecular flexibility index (Phi) is 6.96. The van der Waals surface area contributed by atoms with Crippen LogP contribution in [0.1, 0.15) is 21.7 Å². The van der Waals surface area contributed by atoms with Crippen molar-refractivity contribution in [1.82, 2.24) is 19.2 Å². The van der Waals surface area contributed by atoms with Crippen molar-refractivity contribution in [2.24, 2.45) is 0 Å². The molecule has 1 fully saturated rings. The molecule has 1 aliphatic rings. The lowest BCUT2D eigenvalue weighted by Gasteiger charge is -2.26. The van der Waals surface area contributed by atoms with Crippen LogP contribution >= 0.6 is 0 Å². The molecule has 1 amide bonds. The Bertz CT molecular complexity index is 1300. The van der Waals surface area contributed by atoms with Gasteiger partial charge in [-0.1, -0.05) is 6.07 Å². The van der Waals surface area contributed by atoms with E-state index in [9.17, 15) is 17.6 Å². The summed E-state index contributed by atoms with van der Waals surface area (Å²) in [5, 5.41) is 2.71. The van der Waals surface area contributed by atoms with Crippen molar-refractivity contribution in [3.63, 3.8) is 0 Å².